The molecular formula is C19H19NO5S. The fourth-order valence-corrected chi connectivity index (χ4v) is 2.83. The van der Waals surface area contributed by atoms with Gasteiger partial charge in [0.2, 0.25) is 5.52 Å². The number of benzene rings is 2. The minimum absolute atomic E-state index is 0.178. The van der Waals surface area contributed by atoms with Crippen LogP contribution in [-0.4, -0.2) is 26.0 Å². The summed E-state index contributed by atoms with van der Waals surface area (Å²) in [6, 6.07) is 15.3. The number of carbonyl (C=O) groups is 1. The highest BCUT2D eigenvalue weighted by atomic mass is 32.2. The minimum atomic E-state index is -4.27. The quantitative estimate of drug-likeness (QED) is 0.391. The predicted molar refractivity (Wildman–Crippen MR) is 95.6 cm³/mol. The van der Waals surface area contributed by atoms with Gasteiger partial charge in [0.1, 0.15) is 17.2 Å². The molecule has 0 saturated carbocycles. The van der Waals surface area contributed by atoms with E-state index < -0.39 is 10.1 Å². The second kappa shape index (κ2) is 8.07. The average Bonchev–Trinajstić information content (AvgIpc) is 2.62. The number of para-hydroxylation sites is 1. The zero-order valence-electron chi connectivity index (χ0n) is 14.7. The van der Waals surface area contributed by atoms with E-state index in [4.69, 9.17) is 4.74 Å². The molecule has 7 heteroatoms. The van der Waals surface area contributed by atoms with Crippen LogP contribution in [0.25, 0.3) is 10.9 Å². The van der Waals surface area contributed by atoms with Crippen LogP contribution in [0.2, 0.25) is 0 Å². The van der Waals surface area contributed by atoms with Gasteiger partial charge in [-0.2, -0.15) is 0 Å². The van der Waals surface area contributed by atoms with Crippen LogP contribution in [0, 0.1) is 6.92 Å². The lowest BCUT2D eigenvalue weighted by Gasteiger charge is -2.05. The lowest BCUT2D eigenvalue weighted by atomic mass is 10.1. The van der Waals surface area contributed by atoms with E-state index in [9.17, 15) is 17.8 Å². The van der Waals surface area contributed by atoms with Crippen LogP contribution in [0.5, 0.6) is 0 Å². The van der Waals surface area contributed by atoms with E-state index in [1.807, 2.05) is 49.0 Å². The lowest BCUT2D eigenvalue weighted by molar-refractivity contribution is -0.644. The Kier molecular flexibility index (Phi) is 6.07. The number of esters is 1. The van der Waals surface area contributed by atoms with Gasteiger partial charge < -0.3 is 9.29 Å². The van der Waals surface area contributed by atoms with Crippen LogP contribution in [0.3, 0.4) is 0 Å². The lowest BCUT2D eigenvalue weighted by Crippen LogP contribution is -2.29. The molecule has 0 radical (unpaired) electrons. The van der Waals surface area contributed by atoms with E-state index >= 15 is 0 Å². The van der Waals surface area contributed by atoms with E-state index in [-0.39, 0.29) is 10.9 Å². The first-order chi connectivity index (χ1) is 12.2. The van der Waals surface area contributed by atoms with Crippen molar-refractivity contribution in [2.24, 2.45) is 7.05 Å². The molecule has 3 aromatic rings. The van der Waals surface area contributed by atoms with E-state index in [1.165, 1.54) is 19.2 Å². The number of hydrogen-bond acceptors (Lipinski definition) is 5. The van der Waals surface area contributed by atoms with Crippen molar-refractivity contribution in [2.45, 2.75) is 11.8 Å². The summed E-state index contributed by atoms with van der Waals surface area (Å²) >= 11 is 0. The van der Waals surface area contributed by atoms with E-state index in [0.29, 0.717) is 5.56 Å². The summed E-state index contributed by atoms with van der Waals surface area (Å²) in [4.78, 5) is 11.3. The largest absolute Gasteiger partial charge is 0.744 e. The SMILES string of the molecule is COC(=O)c1cc[n+](C)c2ccccc12.Cc1ccc(S(=O)(=O)[O-])cc1. The number of ether oxygens (including phenoxy) is 1. The molecular weight excluding hydrogens is 354 g/mol. The van der Waals surface area contributed by atoms with Gasteiger partial charge in [0.25, 0.3) is 0 Å². The summed E-state index contributed by atoms with van der Waals surface area (Å²) < 4.78 is 37.9. The molecule has 26 heavy (non-hydrogen) atoms. The Hall–Kier alpha value is -2.77. The number of carbonyl (C=O) groups excluding carboxylic acids is 1. The molecule has 6 nitrogen and oxygen atoms in total. The highest BCUT2D eigenvalue weighted by molar-refractivity contribution is 7.85. The Labute approximate surface area is 152 Å². The molecule has 0 fully saturated rings. The van der Waals surface area contributed by atoms with Crippen molar-refractivity contribution >= 4 is 27.0 Å². The highest BCUT2D eigenvalue weighted by Crippen LogP contribution is 2.15. The third-order valence-electron chi connectivity index (χ3n) is 3.75. The van der Waals surface area contributed by atoms with Crippen LogP contribution in [0.15, 0.2) is 65.7 Å². The molecule has 2 aromatic carbocycles. The number of aryl methyl sites for hydroxylation is 2. The van der Waals surface area contributed by atoms with Crippen LogP contribution >= 0.6 is 0 Å². The van der Waals surface area contributed by atoms with Gasteiger partial charge >= 0.3 is 5.97 Å². The molecule has 0 spiro atoms. The number of aromatic nitrogens is 1. The summed E-state index contributed by atoms with van der Waals surface area (Å²) in [6.07, 6.45) is 1.86. The molecule has 0 unspecified atom stereocenters. The normalized spacial score (nSPS) is 10.8. The Balaban J connectivity index is 0.000000197. The molecule has 136 valence electrons. The smallest absolute Gasteiger partial charge is 0.338 e. The van der Waals surface area contributed by atoms with Gasteiger partial charge in [0.05, 0.1) is 23.0 Å². The number of fused-ring (bicyclic) bond motifs is 1. The number of nitrogens with zero attached hydrogens (tertiary/aromatic N) is 1. The topological polar surface area (TPSA) is 87.4 Å². The fourth-order valence-electron chi connectivity index (χ4n) is 2.36. The van der Waals surface area contributed by atoms with Crippen LogP contribution in [-0.2, 0) is 21.9 Å². The van der Waals surface area contributed by atoms with E-state index in [0.717, 1.165) is 16.5 Å². The van der Waals surface area contributed by atoms with Gasteiger partial charge in [-0.05, 0) is 25.1 Å². The van der Waals surface area contributed by atoms with Gasteiger partial charge in [-0.3, -0.25) is 0 Å². The standard InChI is InChI=1S/C12H12NO2.C7H8O3S/c1-13-8-7-10(12(14)15-2)9-5-3-4-6-11(9)13;1-6-2-4-7(5-3-6)11(8,9)10/h3-8H,1-2H3;2-5H,1H3,(H,8,9,10)/q+1;/p-1. The summed E-state index contributed by atoms with van der Waals surface area (Å²) in [5.41, 5.74) is 2.55. The number of pyridine rings is 1. The van der Waals surface area contributed by atoms with Crippen molar-refractivity contribution in [3.63, 3.8) is 0 Å². The Morgan fingerprint density at radius 1 is 1.04 bits per heavy atom. The van der Waals surface area contributed by atoms with Crippen molar-refractivity contribution in [1.82, 2.24) is 0 Å². The highest BCUT2D eigenvalue weighted by Gasteiger charge is 2.14. The van der Waals surface area contributed by atoms with E-state index in [1.54, 1.807) is 18.2 Å². The number of hydrogen-bond donors (Lipinski definition) is 0. The average molecular weight is 373 g/mol. The molecule has 0 aliphatic carbocycles. The van der Waals surface area contributed by atoms with Crippen molar-refractivity contribution in [3.05, 3.63) is 71.9 Å². The summed E-state index contributed by atoms with van der Waals surface area (Å²) in [5.74, 6) is -0.299. The molecule has 0 amide bonds. The van der Waals surface area contributed by atoms with Crippen molar-refractivity contribution in [3.8, 4) is 0 Å². The van der Waals surface area contributed by atoms with Gasteiger partial charge in [0, 0.05) is 12.1 Å². The number of methoxy groups -OCH3 is 1. The first-order valence-corrected chi connectivity index (χ1v) is 9.13. The van der Waals surface area contributed by atoms with Gasteiger partial charge in [-0.25, -0.2) is 17.8 Å². The zero-order chi connectivity index (χ0) is 19.3. The first kappa shape index (κ1) is 19.6. The minimum Gasteiger partial charge on any atom is -0.744 e. The van der Waals surface area contributed by atoms with Crippen LogP contribution in [0.1, 0.15) is 15.9 Å². The monoisotopic (exact) mass is 373 g/mol. The number of rotatable bonds is 2. The maximum atomic E-state index is 11.5. The molecule has 0 aliphatic heterocycles. The van der Waals surface area contributed by atoms with Gasteiger partial charge in [-0.1, -0.05) is 29.8 Å². The van der Waals surface area contributed by atoms with Crippen molar-refractivity contribution < 1.29 is 27.1 Å². The third kappa shape index (κ3) is 4.65. The molecule has 1 heterocycles. The summed E-state index contributed by atoms with van der Waals surface area (Å²) in [7, 11) is -0.929. The second-order valence-corrected chi connectivity index (χ2v) is 7.00. The van der Waals surface area contributed by atoms with Crippen LogP contribution in [0.4, 0.5) is 0 Å². The van der Waals surface area contributed by atoms with Gasteiger partial charge in [0.15, 0.2) is 6.20 Å². The second-order valence-electron chi connectivity index (χ2n) is 5.62. The molecule has 0 bridgehead atoms. The fraction of sp³-hybridized carbons (Fsp3) is 0.158. The molecule has 0 N–H and O–H groups in total. The summed E-state index contributed by atoms with van der Waals surface area (Å²) in [5, 5.41) is 0.911. The molecule has 0 aliphatic rings. The maximum Gasteiger partial charge on any atom is 0.338 e. The van der Waals surface area contributed by atoms with Crippen molar-refractivity contribution in [1.29, 1.82) is 0 Å². The predicted octanol–water partition coefficient (Wildman–Crippen LogP) is 2.35. The Morgan fingerprint density at radius 3 is 2.23 bits per heavy atom. The third-order valence-corrected chi connectivity index (χ3v) is 4.60. The van der Waals surface area contributed by atoms with E-state index in [2.05, 4.69) is 0 Å². The van der Waals surface area contributed by atoms with Crippen molar-refractivity contribution in [2.75, 3.05) is 7.11 Å². The Morgan fingerprint density at radius 2 is 1.65 bits per heavy atom. The van der Waals surface area contributed by atoms with Crippen LogP contribution < -0.4 is 4.57 Å². The molecule has 0 saturated heterocycles. The van der Waals surface area contributed by atoms with Gasteiger partial charge in [-0.15, -0.1) is 0 Å². The molecule has 3 rings (SSSR count). The summed E-state index contributed by atoms with van der Waals surface area (Å²) in [6.45, 7) is 1.82. The first-order valence-electron chi connectivity index (χ1n) is 7.72. The zero-order valence-corrected chi connectivity index (χ0v) is 15.5. The molecule has 1 aromatic heterocycles. The maximum absolute atomic E-state index is 11.5. The Bertz CT molecular complexity index is 1030. The molecule has 0 atom stereocenters.